The maximum Gasteiger partial charge on any atom is 0.113 e. The minimum absolute atomic E-state index is 1.02. The van der Waals surface area contributed by atoms with Crippen molar-refractivity contribution in [2.45, 2.75) is 19.8 Å². The molecule has 0 amide bonds. The summed E-state index contributed by atoms with van der Waals surface area (Å²) in [6, 6.07) is 8.27. The van der Waals surface area contributed by atoms with Gasteiger partial charge in [-0.15, -0.1) is 0 Å². The van der Waals surface area contributed by atoms with E-state index in [1.54, 1.807) is 0 Å². The highest BCUT2D eigenvalue weighted by atomic mass is 79.9. The standard InChI is InChI=1S/C12H13BrN2/c1-2-3-12-14-8-9-15(12)11-6-4-10(13)5-7-11/h4-9H,2-3H2,1H3. The van der Waals surface area contributed by atoms with Gasteiger partial charge in [-0.3, -0.25) is 0 Å². The molecule has 1 aromatic carbocycles. The van der Waals surface area contributed by atoms with Crippen molar-refractivity contribution in [3.8, 4) is 5.69 Å². The molecule has 0 aliphatic carbocycles. The fraction of sp³-hybridized carbons (Fsp3) is 0.250. The number of aryl methyl sites for hydroxylation is 1. The van der Waals surface area contributed by atoms with Gasteiger partial charge in [-0.25, -0.2) is 4.98 Å². The fourth-order valence-electron chi connectivity index (χ4n) is 1.58. The second-order valence-electron chi connectivity index (χ2n) is 3.44. The molecule has 0 unspecified atom stereocenters. The van der Waals surface area contributed by atoms with Gasteiger partial charge in [0.25, 0.3) is 0 Å². The van der Waals surface area contributed by atoms with Crippen LogP contribution in [-0.2, 0) is 6.42 Å². The van der Waals surface area contributed by atoms with Crippen LogP contribution in [-0.4, -0.2) is 9.55 Å². The van der Waals surface area contributed by atoms with Crippen LogP contribution < -0.4 is 0 Å². The Hall–Kier alpha value is -1.09. The first-order valence-electron chi connectivity index (χ1n) is 5.09. The van der Waals surface area contributed by atoms with Gasteiger partial charge >= 0.3 is 0 Å². The van der Waals surface area contributed by atoms with Crippen LogP contribution >= 0.6 is 15.9 Å². The van der Waals surface area contributed by atoms with E-state index < -0.39 is 0 Å². The number of aromatic nitrogens is 2. The lowest BCUT2D eigenvalue weighted by molar-refractivity contribution is 0.809. The molecule has 0 atom stereocenters. The lowest BCUT2D eigenvalue weighted by atomic mass is 10.3. The first kappa shape index (κ1) is 10.4. The number of rotatable bonds is 3. The monoisotopic (exact) mass is 264 g/mol. The summed E-state index contributed by atoms with van der Waals surface area (Å²) in [7, 11) is 0. The molecule has 0 spiro atoms. The van der Waals surface area contributed by atoms with Crippen molar-refractivity contribution >= 4 is 15.9 Å². The number of halogens is 1. The number of hydrogen-bond donors (Lipinski definition) is 0. The van der Waals surface area contributed by atoms with E-state index in [1.807, 2.05) is 24.5 Å². The molecule has 1 aromatic heterocycles. The third-order valence-electron chi connectivity index (χ3n) is 2.30. The Labute approximate surface area is 98.1 Å². The van der Waals surface area contributed by atoms with E-state index in [4.69, 9.17) is 0 Å². The highest BCUT2D eigenvalue weighted by molar-refractivity contribution is 9.10. The van der Waals surface area contributed by atoms with Crippen LogP contribution in [0, 0.1) is 0 Å². The molecule has 0 N–H and O–H groups in total. The second-order valence-corrected chi connectivity index (χ2v) is 4.36. The average Bonchev–Trinajstić information content (AvgIpc) is 2.68. The quantitative estimate of drug-likeness (QED) is 0.829. The Morgan fingerprint density at radius 2 is 2.00 bits per heavy atom. The summed E-state index contributed by atoms with van der Waals surface area (Å²) >= 11 is 3.43. The van der Waals surface area contributed by atoms with Crippen LogP contribution in [0.4, 0.5) is 0 Å². The van der Waals surface area contributed by atoms with E-state index in [0.717, 1.165) is 23.1 Å². The maximum atomic E-state index is 4.36. The van der Waals surface area contributed by atoms with Gasteiger partial charge in [0.15, 0.2) is 0 Å². The molecule has 2 nitrogen and oxygen atoms in total. The predicted octanol–water partition coefficient (Wildman–Crippen LogP) is 3.59. The van der Waals surface area contributed by atoms with Crippen LogP contribution in [0.25, 0.3) is 5.69 Å². The predicted molar refractivity (Wildman–Crippen MR) is 65.3 cm³/mol. The van der Waals surface area contributed by atoms with Gasteiger partial charge in [0.05, 0.1) is 0 Å². The van der Waals surface area contributed by atoms with E-state index in [1.165, 1.54) is 5.69 Å². The van der Waals surface area contributed by atoms with Gasteiger partial charge in [0.2, 0.25) is 0 Å². The van der Waals surface area contributed by atoms with E-state index in [2.05, 4.69) is 44.5 Å². The lowest BCUT2D eigenvalue weighted by Crippen LogP contribution is -1.99. The van der Waals surface area contributed by atoms with E-state index in [9.17, 15) is 0 Å². The van der Waals surface area contributed by atoms with Crippen LogP contribution in [0.2, 0.25) is 0 Å². The van der Waals surface area contributed by atoms with Crippen molar-refractivity contribution in [1.82, 2.24) is 9.55 Å². The summed E-state index contributed by atoms with van der Waals surface area (Å²) in [6.07, 6.45) is 6.00. The summed E-state index contributed by atoms with van der Waals surface area (Å²) in [5.41, 5.74) is 1.17. The topological polar surface area (TPSA) is 17.8 Å². The van der Waals surface area contributed by atoms with Gasteiger partial charge in [-0.1, -0.05) is 22.9 Å². The molecule has 0 aliphatic rings. The van der Waals surface area contributed by atoms with Gasteiger partial charge in [0, 0.05) is 29.0 Å². The lowest BCUT2D eigenvalue weighted by Gasteiger charge is -2.06. The molecule has 0 fully saturated rings. The molecule has 0 saturated carbocycles. The molecule has 0 bridgehead atoms. The van der Waals surface area contributed by atoms with Crippen LogP contribution in [0.3, 0.4) is 0 Å². The smallest absolute Gasteiger partial charge is 0.113 e. The Morgan fingerprint density at radius 1 is 1.27 bits per heavy atom. The van der Waals surface area contributed by atoms with Gasteiger partial charge in [-0.2, -0.15) is 0 Å². The van der Waals surface area contributed by atoms with Crippen molar-refractivity contribution < 1.29 is 0 Å². The summed E-state index contributed by atoms with van der Waals surface area (Å²) in [5, 5.41) is 0. The highest BCUT2D eigenvalue weighted by Gasteiger charge is 2.03. The molecule has 0 radical (unpaired) electrons. The first-order chi connectivity index (χ1) is 7.31. The molecule has 15 heavy (non-hydrogen) atoms. The zero-order valence-corrected chi connectivity index (χ0v) is 10.2. The molecule has 78 valence electrons. The largest absolute Gasteiger partial charge is 0.304 e. The summed E-state index contributed by atoms with van der Waals surface area (Å²) < 4.78 is 3.24. The molecule has 3 heteroatoms. The van der Waals surface area contributed by atoms with E-state index >= 15 is 0 Å². The Kier molecular flexibility index (Phi) is 3.21. The number of nitrogens with zero attached hydrogens (tertiary/aromatic N) is 2. The fourth-order valence-corrected chi connectivity index (χ4v) is 1.84. The normalized spacial score (nSPS) is 10.5. The third kappa shape index (κ3) is 2.29. The summed E-state index contributed by atoms with van der Waals surface area (Å²) in [5.74, 6) is 1.12. The molecule has 0 aliphatic heterocycles. The molecular formula is C12H13BrN2. The molecule has 2 rings (SSSR count). The summed E-state index contributed by atoms with van der Waals surface area (Å²) in [6.45, 7) is 2.17. The zero-order valence-electron chi connectivity index (χ0n) is 8.65. The Balaban J connectivity index is 2.36. The minimum atomic E-state index is 1.02. The molecular weight excluding hydrogens is 252 g/mol. The van der Waals surface area contributed by atoms with Gasteiger partial charge in [-0.05, 0) is 30.7 Å². The molecule has 2 aromatic rings. The maximum absolute atomic E-state index is 4.36. The average molecular weight is 265 g/mol. The Morgan fingerprint density at radius 3 is 2.67 bits per heavy atom. The van der Waals surface area contributed by atoms with Crippen molar-refractivity contribution in [3.63, 3.8) is 0 Å². The van der Waals surface area contributed by atoms with Crippen molar-refractivity contribution in [1.29, 1.82) is 0 Å². The van der Waals surface area contributed by atoms with E-state index in [-0.39, 0.29) is 0 Å². The highest BCUT2D eigenvalue weighted by Crippen LogP contribution is 2.15. The minimum Gasteiger partial charge on any atom is -0.304 e. The van der Waals surface area contributed by atoms with E-state index in [0.29, 0.717) is 0 Å². The number of benzene rings is 1. The number of hydrogen-bond acceptors (Lipinski definition) is 1. The summed E-state index contributed by atoms with van der Waals surface area (Å²) in [4.78, 5) is 4.36. The van der Waals surface area contributed by atoms with Crippen LogP contribution in [0.5, 0.6) is 0 Å². The number of imidazole rings is 1. The molecule has 1 heterocycles. The first-order valence-corrected chi connectivity index (χ1v) is 5.88. The zero-order chi connectivity index (χ0) is 10.7. The third-order valence-corrected chi connectivity index (χ3v) is 2.82. The van der Waals surface area contributed by atoms with Crippen molar-refractivity contribution in [2.75, 3.05) is 0 Å². The second kappa shape index (κ2) is 4.62. The van der Waals surface area contributed by atoms with Gasteiger partial charge in [0.1, 0.15) is 5.82 Å². The van der Waals surface area contributed by atoms with Crippen molar-refractivity contribution in [3.05, 3.63) is 47.0 Å². The van der Waals surface area contributed by atoms with Crippen LogP contribution in [0.1, 0.15) is 19.2 Å². The van der Waals surface area contributed by atoms with Crippen molar-refractivity contribution in [2.24, 2.45) is 0 Å². The van der Waals surface area contributed by atoms with Crippen LogP contribution in [0.15, 0.2) is 41.1 Å². The Bertz CT molecular complexity index is 431. The SMILES string of the molecule is CCCc1nccn1-c1ccc(Br)cc1. The molecule has 0 saturated heterocycles. The van der Waals surface area contributed by atoms with Gasteiger partial charge < -0.3 is 4.57 Å².